The Morgan fingerprint density at radius 1 is 0.375 bits per heavy atom. The Balaban J connectivity index is 0. The molecule has 0 aromatic rings. The molecule has 0 unspecified atom stereocenters. The van der Waals surface area contributed by atoms with Gasteiger partial charge in [-0.15, -0.1) is 0 Å². The van der Waals surface area contributed by atoms with Crippen LogP contribution in [-0.4, -0.2) is 17.4 Å². The fraction of sp³-hybridized carbons (Fsp3) is 0. The first-order chi connectivity index (χ1) is 0. The molecule has 0 radical (unpaired) electrons. The molecule has 0 aromatic carbocycles. The number of rotatable bonds is 0. The molecule has 0 N–H and O–H groups in total. The van der Waals surface area contributed by atoms with Crippen LogP contribution in [0.5, 0.6) is 0 Å². The molecule has 48 valence electrons. The largest absolute Gasteiger partial charge is 3.00 e. The third-order valence-corrected chi connectivity index (χ3v) is 0. The molecule has 0 nitrogen and oxygen atoms in total. The summed E-state index contributed by atoms with van der Waals surface area (Å²) in [6, 6.07) is 0. The number of hydrogen-bond acceptors (Lipinski definition) is 0. The summed E-state index contributed by atoms with van der Waals surface area (Å²) >= 11 is 0. The smallest absolute Gasteiger partial charge is 1.00 e. The molecule has 8 heavy (non-hydrogen) atoms. The van der Waals surface area contributed by atoms with Gasteiger partial charge in [0.2, 0.25) is 0 Å². The topological polar surface area (TPSA) is 0 Å². The minimum absolute atomic E-state index is 0. The molecule has 0 heterocycles. The van der Waals surface area contributed by atoms with Crippen molar-refractivity contribution in [3.63, 3.8) is 0 Å². The van der Waals surface area contributed by atoms with Crippen LogP contribution < -0.4 is 74.4 Å². The normalized spacial score (nSPS) is 0. The van der Waals surface area contributed by atoms with Crippen molar-refractivity contribution in [2.75, 3.05) is 0 Å². The van der Waals surface area contributed by atoms with E-state index in [1.54, 1.807) is 0 Å². The van der Waals surface area contributed by atoms with Crippen molar-refractivity contribution in [3.05, 3.63) is 0 Å². The van der Waals surface area contributed by atoms with E-state index in [0.29, 0.717) is 0 Å². The summed E-state index contributed by atoms with van der Waals surface area (Å²) in [4.78, 5) is 0. The second-order valence-electron chi connectivity index (χ2n) is 0. The molecule has 0 saturated carbocycles. The Hall–Kier alpha value is 3.47. The molecule has 0 aromatic heterocycles. The SMILES string of the molecule is [Al+3].[Cl-].[Cl-].[Cl-].[Cl-].[Cl-].[Cl-].[La+3]. The van der Waals surface area contributed by atoms with Crippen molar-refractivity contribution in [2.45, 2.75) is 0 Å². The zero-order valence-corrected chi connectivity index (χ0v) is 12.7. The predicted molar refractivity (Wildman–Crippen MR) is 5.75 cm³/mol. The predicted octanol–water partition coefficient (Wildman–Crippen LogP) is -18.4. The third kappa shape index (κ3) is 56.5. The van der Waals surface area contributed by atoms with E-state index >= 15 is 0 Å². The first-order valence-corrected chi connectivity index (χ1v) is 0. The minimum Gasteiger partial charge on any atom is -1.00 e. The maximum Gasteiger partial charge on any atom is 3.00 e. The number of hydrogen-bond donors (Lipinski definition) is 0. The zero-order valence-electron chi connectivity index (χ0n) is 3.42. The molecule has 0 spiro atoms. The third-order valence-electron chi connectivity index (χ3n) is 0. The van der Waals surface area contributed by atoms with Gasteiger partial charge >= 0.3 is 53.0 Å². The summed E-state index contributed by atoms with van der Waals surface area (Å²) in [5, 5.41) is 0. The van der Waals surface area contributed by atoms with E-state index in [-0.39, 0.29) is 127 Å². The summed E-state index contributed by atoms with van der Waals surface area (Å²) in [5.41, 5.74) is 0. The van der Waals surface area contributed by atoms with Crippen LogP contribution in [0, 0.1) is 35.6 Å². The van der Waals surface area contributed by atoms with Crippen LogP contribution in [0.25, 0.3) is 0 Å². The molecule has 8 heteroatoms. The maximum absolute atomic E-state index is 0. The summed E-state index contributed by atoms with van der Waals surface area (Å²) in [7, 11) is 0. The van der Waals surface area contributed by atoms with Crippen LogP contribution in [0.1, 0.15) is 0 Å². The van der Waals surface area contributed by atoms with Crippen LogP contribution in [0.3, 0.4) is 0 Å². The van der Waals surface area contributed by atoms with E-state index in [0.717, 1.165) is 0 Å². The van der Waals surface area contributed by atoms with Crippen molar-refractivity contribution in [2.24, 2.45) is 0 Å². The van der Waals surface area contributed by atoms with E-state index in [4.69, 9.17) is 0 Å². The molecule has 0 bridgehead atoms. The fourth-order valence-electron chi connectivity index (χ4n) is 0. The van der Waals surface area contributed by atoms with Crippen molar-refractivity contribution in [1.82, 2.24) is 0 Å². The van der Waals surface area contributed by atoms with Crippen LogP contribution in [0.15, 0.2) is 0 Å². The Kier molecular flexibility index (Phi) is 1020. The average molecular weight is 379 g/mol. The summed E-state index contributed by atoms with van der Waals surface area (Å²) in [6.07, 6.45) is 0. The Labute approximate surface area is 125 Å². The molecular weight excluding hydrogens is 379 g/mol. The van der Waals surface area contributed by atoms with E-state index in [1.165, 1.54) is 0 Å². The standard InChI is InChI=1S/Al.6ClH.La/h;6*1H;/q+3;;;;;;;+3/p-6. The van der Waals surface area contributed by atoms with Gasteiger partial charge in [-0.25, -0.2) is 0 Å². The van der Waals surface area contributed by atoms with Gasteiger partial charge in [0, 0.05) is 0 Å². The summed E-state index contributed by atoms with van der Waals surface area (Å²) < 4.78 is 0. The van der Waals surface area contributed by atoms with E-state index < -0.39 is 0 Å². The van der Waals surface area contributed by atoms with Crippen LogP contribution in [0.2, 0.25) is 0 Å². The van der Waals surface area contributed by atoms with Gasteiger partial charge in [0.15, 0.2) is 0 Å². The zero-order chi connectivity index (χ0) is 0. The van der Waals surface area contributed by atoms with Crippen LogP contribution in [0.4, 0.5) is 0 Å². The van der Waals surface area contributed by atoms with Crippen molar-refractivity contribution in [3.8, 4) is 0 Å². The molecule has 0 saturated heterocycles. The second kappa shape index (κ2) is 78.0. The molecule has 0 fully saturated rings. The van der Waals surface area contributed by atoms with E-state index in [2.05, 4.69) is 0 Å². The van der Waals surface area contributed by atoms with Gasteiger partial charge in [0.25, 0.3) is 0 Å². The van der Waals surface area contributed by atoms with Crippen molar-refractivity contribution in [1.29, 1.82) is 0 Å². The molecule has 0 aliphatic heterocycles. The van der Waals surface area contributed by atoms with Crippen LogP contribution >= 0.6 is 0 Å². The Bertz CT molecular complexity index is 8.49. The van der Waals surface area contributed by atoms with Gasteiger partial charge in [-0.1, -0.05) is 0 Å². The van der Waals surface area contributed by atoms with Gasteiger partial charge in [-0.05, 0) is 0 Å². The first-order valence-electron chi connectivity index (χ1n) is 0. The van der Waals surface area contributed by atoms with Crippen LogP contribution in [-0.2, 0) is 0 Å². The van der Waals surface area contributed by atoms with Crippen molar-refractivity contribution < 1.29 is 110 Å². The summed E-state index contributed by atoms with van der Waals surface area (Å²) in [5.74, 6) is 0. The Morgan fingerprint density at radius 2 is 0.375 bits per heavy atom. The number of halogens is 6. The monoisotopic (exact) mass is 376 g/mol. The Morgan fingerprint density at radius 3 is 0.375 bits per heavy atom. The maximum atomic E-state index is 0. The fourth-order valence-corrected chi connectivity index (χ4v) is 0. The van der Waals surface area contributed by atoms with E-state index in [9.17, 15) is 0 Å². The molecule has 0 amide bonds. The van der Waals surface area contributed by atoms with Gasteiger partial charge in [-0.2, -0.15) is 0 Å². The van der Waals surface area contributed by atoms with Crippen molar-refractivity contribution >= 4 is 17.4 Å². The first kappa shape index (κ1) is 105. The molecule has 0 rings (SSSR count). The van der Waals surface area contributed by atoms with Gasteiger partial charge in [-0.3, -0.25) is 0 Å². The van der Waals surface area contributed by atoms with Gasteiger partial charge in [0.1, 0.15) is 0 Å². The van der Waals surface area contributed by atoms with Gasteiger partial charge in [0.05, 0.1) is 0 Å². The quantitative estimate of drug-likeness (QED) is 0.367. The average Bonchev–Trinajstić information content (AvgIpc) is 0. The second-order valence-corrected chi connectivity index (χ2v) is 0. The summed E-state index contributed by atoms with van der Waals surface area (Å²) in [6.45, 7) is 0. The minimum atomic E-state index is 0. The molecule has 0 aliphatic rings. The van der Waals surface area contributed by atoms with Gasteiger partial charge < -0.3 is 74.4 Å². The molecule has 0 atom stereocenters. The molecular formula is AlCl6La. The molecule has 0 aliphatic carbocycles. The van der Waals surface area contributed by atoms with E-state index in [1.807, 2.05) is 0 Å².